The van der Waals surface area contributed by atoms with Gasteiger partial charge in [0.05, 0.1) is 9.50 Å². The molecule has 1 atom stereocenters. The normalized spacial score (nSPS) is 22.2. The van der Waals surface area contributed by atoms with Crippen LogP contribution in [0, 0.1) is 11.2 Å². The van der Waals surface area contributed by atoms with Crippen LogP contribution in [0.15, 0.2) is 10.5 Å². The van der Waals surface area contributed by atoms with E-state index >= 15 is 4.39 Å². The van der Waals surface area contributed by atoms with Gasteiger partial charge in [-0.05, 0) is 62.7 Å². The van der Waals surface area contributed by atoms with Gasteiger partial charge in [0.2, 0.25) is 0 Å². The Morgan fingerprint density at radius 3 is 2.66 bits per heavy atom. The minimum absolute atomic E-state index is 0.0389. The van der Waals surface area contributed by atoms with E-state index in [1.165, 1.54) is 0 Å². The van der Waals surface area contributed by atoms with Gasteiger partial charge in [0.1, 0.15) is 23.0 Å². The summed E-state index contributed by atoms with van der Waals surface area (Å²) < 4.78 is 27.0. The highest BCUT2D eigenvalue weighted by Gasteiger charge is 2.50. The maximum Gasteiger partial charge on any atom is 0.410 e. The topological polar surface area (TPSA) is 71.0 Å². The van der Waals surface area contributed by atoms with Crippen LogP contribution in [0.25, 0.3) is 10.9 Å². The van der Waals surface area contributed by atoms with Gasteiger partial charge < -0.3 is 24.2 Å². The molecule has 190 valence electrons. The highest BCUT2D eigenvalue weighted by Crippen LogP contribution is 2.44. The van der Waals surface area contributed by atoms with Crippen LogP contribution >= 0.6 is 27.5 Å². The van der Waals surface area contributed by atoms with Crippen LogP contribution < -0.4 is 9.64 Å². The third-order valence-corrected chi connectivity index (χ3v) is 8.15. The maximum absolute atomic E-state index is 15.2. The predicted molar refractivity (Wildman–Crippen MR) is 136 cm³/mol. The van der Waals surface area contributed by atoms with Crippen molar-refractivity contribution in [2.24, 2.45) is 5.41 Å². The lowest BCUT2D eigenvalue weighted by Crippen LogP contribution is -2.60. The van der Waals surface area contributed by atoms with Crippen LogP contribution in [0.3, 0.4) is 0 Å². The zero-order valence-electron chi connectivity index (χ0n) is 20.4. The second-order valence-electron chi connectivity index (χ2n) is 11.0. The van der Waals surface area contributed by atoms with E-state index in [1.807, 2.05) is 27.8 Å². The molecule has 1 unspecified atom stereocenters. The Balaban J connectivity index is 1.41. The number of aromatic nitrogens is 2. The molecular weight excluding hydrogens is 541 g/mol. The third-order valence-electron chi connectivity index (χ3n) is 6.85. The molecule has 1 aromatic heterocycles. The lowest BCUT2D eigenvalue weighted by atomic mass is 9.79. The molecule has 0 radical (unpaired) electrons. The van der Waals surface area contributed by atoms with E-state index in [0.29, 0.717) is 30.8 Å². The van der Waals surface area contributed by atoms with Crippen LogP contribution in [-0.2, 0) is 4.74 Å². The number of carbonyl (C=O) groups is 1. The zero-order chi connectivity index (χ0) is 25.1. The summed E-state index contributed by atoms with van der Waals surface area (Å²) >= 11 is 9.54. The number of anilines is 1. The Labute approximate surface area is 217 Å². The lowest BCUT2D eigenvalue weighted by Gasteiger charge is -2.47. The number of rotatable bonds is 3. The van der Waals surface area contributed by atoms with Crippen molar-refractivity contribution < 1.29 is 18.7 Å². The van der Waals surface area contributed by atoms with Gasteiger partial charge >= 0.3 is 12.1 Å². The SMILES string of the molecule is CN1CCC(Oc2nc(N3CCC4(CN(C(=O)OC(C)(C)C)C4)C3)c3cc(Cl)c(Br)c(F)c3n2)C1. The molecule has 1 amide bonds. The molecule has 5 rings (SSSR count). The number of fused-ring (bicyclic) bond motifs is 1. The van der Waals surface area contributed by atoms with Gasteiger partial charge in [-0.25, -0.2) is 9.18 Å². The Morgan fingerprint density at radius 2 is 2.00 bits per heavy atom. The number of benzene rings is 1. The van der Waals surface area contributed by atoms with E-state index < -0.39 is 11.4 Å². The number of hydrogen-bond donors (Lipinski definition) is 0. The van der Waals surface area contributed by atoms with E-state index in [4.69, 9.17) is 26.1 Å². The minimum atomic E-state index is -0.529. The molecule has 3 aliphatic heterocycles. The zero-order valence-corrected chi connectivity index (χ0v) is 22.7. The summed E-state index contributed by atoms with van der Waals surface area (Å²) in [6.07, 6.45) is 1.44. The summed E-state index contributed by atoms with van der Waals surface area (Å²) in [5, 5.41) is 0.812. The Kier molecular flexibility index (Phi) is 6.29. The molecule has 3 aliphatic rings. The van der Waals surface area contributed by atoms with Crippen molar-refractivity contribution in [3.63, 3.8) is 0 Å². The molecule has 8 nitrogen and oxygen atoms in total. The molecule has 2 aromatic rings. The highest BCUT2D eigenvalue weighted by atomic mass is 79.9. The number of carbonyl (C=O) groups excluding carboxylic acids is 1. The van der Waals surface area contributed by atoms with Gasteiger partial charge in [0.25, 0.3) is 0 Å². The number of nitrogens with zero attached hydrogens (tertiary/aromatic N) is 5. The third kappa shape index (κ3) is 4.89. The van der Waals surface area contributed by atoms with Crippen molar-refractivity contribution >= 4 is 50.3 Å². The summed E-state index contributed by atoms with van der Waals surface area (Å²) in [7, 11) is 2.04. The summed E-state index contributed by atoms with van der Waals surface area (Å²) in [4.78, 5) is 27.7. The van der Waals surface area contributed by atoms with Crippen LogP contribution in [0.5, 0.6) is 6.01 Å². The quantitative estimate of drug-likeness (QED) is 0.495. The van der Waals surface area contributed by atoms with Gasteiger partial charge in [0, 0.05) is 50.1 Å². The number of ether oxygens (including phenoxy) is 2. The fourth-order valence-electron chi connectivity index (χ4n) is 5.16. The van der Waals surface area contributed by atoms with Crippen LogP contribution in [0.4, 0.5) is 15.0 Å². The Hall–Kier alpha value is -1.91. The standard InChI is InChI=1S/C24H30BrClFN5O3/c1-23(2,3)35-22(33)32-12-24(13-32)6-8-31(11-24)20-15-9-16(26)17(25)18(27)19(15)28-21(29-20)34-14-5-7-30(4)10-14/h9,14H,5-8,10-13H2,1-4H3. The molecule has 0 N–H and O–H groups in total. The van der Waals surface area contributed by atoms with Gasteiger partial charge in [-0.1, -0.05) is 11.6 Å². The first-order chi connectivity index (χ1) is 16.4. The van der Waals surface area contributed by atoms with E-state index in [0.717, 1.165) is 32.5 Å². The van der Waals surface area contributed by atoms with Crippen molar-refractivity contribution in [2.45, 2.75) is 45.3 Å². The van der Waals surface area contributed by atoms with Gasteiger partial charge in [-0.2, -0.15) is 9.97 Å². The number of halogens is 3. The maximum atomic E-state index is 15.2. The average Bonchev–Trinajstić information content (AvgIpc) is 3.36. The Morgan fingerprint density at radius 1 is 1.26 bits per heavy atom. The van der Waals surface area contributed by atoms with Crippen molar-refractivity contribution in [3.8, 4) is 6.01 Å². The summed E-state index contributed by atoms with van der Waals surface area (Å²) in [6, 6.07) is 1.87. The van der Waals surface area contributed by atoms with E-state index in [9.17, 15) is 4.79 Å². The number of likely N-dealkylation sites (tertiary alicyclic amines) is 2. The van der Waals surface area contributed by atoms with Crippen molar-refractivity contribution in [3.05, 3.63) is 21.4 Å². The summed E-state index contributed by atoms with van der Waals surface area (Å²) in [6.45, 7) is 9.98. The first kappa shape index (κ1) is 24.8. The minimum Gasteiger partial charge on any atom is -0.459 e. The van der Waals surface area contributed by atoms with Crippen LogP contribution in [0.2, 0.25) is 5.02 Å². The van der Waals surface area contributed by atoms with Crippen molar-refractivity contribution in [2.75, 3.05) is 51.2 Å². The fraction of sp³-hybridized carbons (Fsp3) is 0.625. The molecule has 11 heteroatoms. The van der Waals surface area contributed by atoms with Crippen LogP contribution in [0.1, 0.15) is 33.6 Å². The van der Waals surface area contributed by atoms with Crippen LogP contribution in [-0.4, -0.2) is 83.9 Å². The van der Waals surface area contributed by atoms with E-state index in [-0.39, 0.29) is 38.6 Å². The Bertz CT molecular complexity index is 1170. The molecule has 3 saturated heterocycles. The van der Waals surface area contributed by atoms with Crippen molar-refractivity contribution in [1.82, 2.24) is 19.8 Å². The van der Waals surface area contributed by atoms with Crippen molar-refractivity contribution in [1.29, 1.82) is 0 Å². The smallest absolute Gasteiger partial charge is 0.410 e. The molecule has 3 fully saturated rings. The fourth-order valence-corrected chi connectivity index (χ4v) is 5.66. The second kappa shape index (κ2) is 8.88. The van der Waals surface area contributed by atoms with E-state index in [1.54, 1.807) is 11.0 Å². The molecular formula is C24H30BrClFN5O3. The predicted octanol–water partition coefficient (Wildman–Crippen LogP) is 4.71. The molecule has 1 aromatic carbocycles. The lowest BCUT2D eigenvalue weighted by molar-refractivity contribution is -0.0266. The highest BCUT2D eigenvalue weighted by molar-refractivity contribution is 9.10. The number of amides is 1. The molecule has 4 heterocycles. The monoisotopic (exact) mass is 569 g/mol. The molecule has 0 saturated carbocycles. The average molecular weight is 571 g/mol. The molecule has 0 bridgehead atoms. The van der Waals surface area contributed by atoms with Gasteiger partial charge in [-0.3, -0.25) is 0 Å². The molecule has 0 aliphatic carbocycles. The number of likely N-dealkylation sites (N-methyl/N-ethyl adjacent to an activating group) is 1. The number of hydrogen-bond acceptors (Lipinski definition) is 7. The van der Waals surface area contributed by atoms with Gasteiger partial charge in [-0.15, -0.1) is 0 Å². The second-order valence-corrected chi connectivity index (χ2v) is 12.2. The van der Waals surface area contributed by atoms with Gasteiger partial charge in [0.15, 0.2) is 5.82 Å². The van der Waals surface area contributed by atoms with E-state index in [2.05, 4.69) is 30.7 Å². The molecule has 35 heavy (non-hydrogen) atoms. The molecule has 1 spiro atoms. The largest absolute Gasteiger partial charge is 0.459 e. The first-order valence-corrected chi connectivity index (χ1v) is 13.0. The summed E-state index contributed by atoms with van der Waals surface area (Å²) in [5.74, 6) is 0.0791. The summed E-state index contributed by atoms with van der Waals surface area (Å²) in [5.41, 5.74) is -0.387. The first-order valence-electron chi connectivity index (χ1n) is 11.9.